The Morgan fingerprint density at radius 2 is 2.04 bits per heavy atom. The van der Waals surface area contributed by atoms with E-state index in [1.165, 1.54) is 0 Å². The maximum atomic E-state index is 12.9. The molecular formula is C19H28N6O3. The Labute approximate surface area is 164 Å². The highest BCUT2D eigenvalue weighted by molar-refractivity contribution is 5.77. The summed E-state index contributed by atoms with van der Waals surface area (Å²) in [7, 11) is 2.02. The number of rotatable bonds is 5. The van der Waals surface area contributed by atoms with Crippen LogP contribution in [0.15, 0.2) is 16.9 Å². The van der Waals surface area contributed by atoms with Crippen LogP contribution in [0.25, 0.3) is 0 Å². The fourth-order valence-electron chi connectivity index (χ4n) is 3.95. The molecule has 0 saturated carbocycles. The van der Waals surface area contributed by atoms with Crippen molar-refractivity contribution in [1.82, 2.24) is 29.5 Å². The van der Waals surface area contributed by atoms with Crippen LogP contribution in [0.2, 0.25) is 0 Å². The van der Waals surface area contributed by atoms with Gasteiger partial charge in [-0.2, -0.15) is 4.98 Å². The third-order valence-electron chi connectivity index (χ3n) is 5.80. The van der Waals surface area contributed by atoms with E-state index in [1.807, 2.05) is 26.4 Å². The van der Waals surface area contributed by atoms with Crippen molar-refractivity contribution < 1.29 is 14.1 Å². The summed E-state index contributed by atoms with van der Waals surface area (Å²) in [5.74, 6) is 2.33. The normalized spacial score (nSPS) is 20.6. The molecule has 2 saturated heterocycles. The number of amides is 1. The molecule has 2 aromatic rings. The number of likely N-dealkylation sites (tertiary alicyclic amines) is 1. The van der Waals surface area contributed by atoms with Gasteiger partial charge in [0.15, 0.2) is 5.82 Å². The second kappa shape index (κ2) is 8.00. The zero-order valence-electron chi connectivity index (χ0n) is 16.6. The molecule has 0 radical (unpaired) electrons. The second-order valence-electron chi connectivity index (χ2n) is 7.71. The van der Waals surface area contributed by atoms with E-state index in [-0.39, 0.29) is 11.5 Å². The Morgan fingerprint density at radius 1 is 1.21 bits per heavy atom. The van der Waals surface area contributed by atoms with Crippen LogP contribution in [0, 0.1) is 0 Å². The molecule has 0 unspecified atom stereocenters. The average Bonchev–Trinajstić information content (AvgIpc) is 3.28. The Kier molecular flexibility index (Phi) is 5.45. The maximum Gasteiger partial charge on any atom is 0.246 e. The molecule has 0 aromatic carbocycles. The number of carbonyl (C=O) groups excluding carboxylic acids is 1. The first kappa shape index (κ1) is 19.1. The molecule has 28 heavy (non-hydrogen) atoms. The lowest BCUT2D eigenvalue weighted by atomic mass is 9.87. The minimum absolute atomic E-state index is 0.103. The van der Waals surface area contributed by atoms with Crippen molar-refractivity contribution in [2.75, 3.05) is 26.2 Å². The van der Waals surface area contributed by atoms with Crippen LogP contribution in [0.4, 0.5) is 0 Å². The first-order valence-corrected chi connectivity index (χ1v) is 9.99. The Bertz CT molecular complexity index is 808. The van der Waals surface area contributed by atoms with E-state index < -0.39 is 0 Å². The number of nitrogens with zero attached hydrogens (tertiary/aromatic N) is 6. The average molecular weight is 388 g/mol. The number of piperidine rings is 1. The zero-order valence-corrected chi connectivity index (χ0v) is 16.6. The second-order valence-corrected chi connectivity index (χ2v) is 7.71. The lowest BCUT2D eigenvalue weighted by Gasteiger charge is -2.40. The van der Waals surface area contributed by atoms with E-state index in [2.05, 4.69) is 24.6 Å². The highest BCUT2D eigenvalue weighted by Gasteiger charge is 2.41. The summed E-state index contributed by atoms with van der Waals surface area (Å²) in [4.78, 5) is 25.8. The summed E-state index contributed by atoms with van der Waals surface area (Å²) in [5, 5.41) is 3.91. The van der Waals surface area contributed by atoms with Gasteiger partial charge in [-0.25, -0.2) is 4.98 Å². The Hall–Kier alpha value is -2.26. The summed E-state index contributed by atoms with van der Waals surface area (Å²) in [6, 6.07) is 0. The smallest absolute Gasteiger partial charge is 0.246 e. The summed E-state index contributed by atoms with van der Waals surface area (Å²) < 4.78 is 13.5. The molecule has 4 heterocycles. The number of aryl methyl sites for hydroxylation is 2. The minimum atomic E-state index is -0.354. The predicted octanol–water partition coefficient (Wildman–Crippen LogP) is 1.15. The number of carbonyl (C=O) groups is 1. The zero-order chi connectivity index (χ0) is 19.6. The molecule has 2 aromatic heterocycles. The molecule has 2 fully saturated rings. The number of aromatic nitrogens is 4. The van der Waals surface area contributed by atoms with Crippen molar-refractivity contribution in [1.29, 1.82) is 0 Å². The SMILES string of the molecule is CCc1noc(CN2CCOC3(CCN(Cc4nccn4C)CC3)CC2=O)n1. The topological polar surface area (TPSA) is 89.5 Å². The first-order chi connectivity index (χ1) is 13.6. The van der Waals surface area contributed by atoms with Crippen LogP contribution in [0.1, 0.15) is 43.7 Å². The van der Waals surface area contributed by atoms with E-state index in [4.69, 9.17) is 9.26 Å². The van der Waals surface area contributed by atoms with Crippen LogP contribution in [0.5, 0.6) is 0 Å². The molecule has 0 N–H and O–H groups in total. The fraction of sp³-hybridized carbons (Fsp3) is 0.684. The van der Waals surface area contributed by atoms with Crippen LogP contribution >= 0.6 is 0 Å². The molecule has 2 aliphatic heterocycles. The van der Waals surface area contributed by atoms with Gasteiger partial charge < -0.3 is 18.7 Å². The Balaban J connectivity index is 1.34. The molecule has 2 aliphatic rings. The van der Waals surface area contributed by atoms with Crippen LogP contribution in [-0.4, -0.2) is 67.2 Å². The van der Waals surface area contributed by atoms with Gasteiger partial charge in [-0.3, -0.25) is 9.69 Å². The van der Waals surface area contributed by atoms with Crippen molar-refractivity contribution >= 4 is 5.91 Å². The van der Waals surface area contributed by atoms with Gasteiger partial charge in [0.2, 0.25) is 11.8 Å². The third-order valence-corrected chi connectivity index (χ3v) is 5.80. The largest absolute Gasteiger partial charge is 0.373 e. The number of ether oxygens (including phenoxy) is 1. The van der Waals surface area contributed by atoms with Crippen LogP contribution in [0.3, 0.4) is 0 Å². The molecule has 9 nitrogen and oxygen atoms in total. The van der Waals surface area contributed by atoms with Crippen molar-refractivity contribution in [2.45, 2.75) is 51.3 Å². The van der Waals surface area contributed by atoms with Gasteiger partial charge in [0.05, 0.1) is 25.2 Å². The van der Waals surface area contributed by atoms with Gasteiger partial charge in [-0.15, -0.1) is 0 Å². The molecular weight excluding hydrogens is 360 g/mol. The van der Waals surface area contributed by atoms with E-state index >= 15 is 0 Å². The number of hydrogen-bond acceptors (Lipinski definition) is 7. The summed E-state index contributed by atoms with van der Waals surface area (Å²) in [6.45, 7) is 6.07. The van der Waals surface area contributed by atoms with E-state index in [0.717, 1.165) is 44.7 Å². The van der Waals surface area contributed by atoms with Gasteiger partial charge >= 0.3 is 0 Å². The van der Waals surface area contributed by atoms with E-state index in [0.29, 0.717) is 37.8 Å². The molecule has 9 heteroatoms. The minimum Gasteiger partial charge on any atom is -0.373 e. The van der Waals surface area contributed by atoms with Crippen LogP contribution in [-0.2, 0) is 36.1 Å². The summed E-state index contributed by atoms with van der Waals surface area (Å²) in [6.07, 6.45) is 6.65. The van der Waals surface area contributed by atoms with Gasteiger partial charge in [-0.1, -0.05) is 12.1 Å². The molecule has 152 valence electrons. The van der Waals surface area contributed by atoms with E-state index in [9.17, 15) is 4.79 Å². The number of hydrogen-bond donors (Lipinski definition) is 0. The monoisotopic (exact) mass is 388 g/mol. The maximum absolute atomic E-state index is 12.9. The van der Waals surface area contributed by atoms with Crippen molar-refractivity contribution in [3.8, 4) is 0 Å². The van der Waals surface area contributed by atoms with Crippen LogP contribution < -0.4 is 0 Å². The number of imidazole rings is 1. The van der Waals surface area contributed by atoms with Gasteiger partial charge in [0, 0.05) is 45.5 Å². The summed E-state index contributed by atoms with van der Waals surface area (Å²) in [5.41, 5.74) is -0.354. The van der Waals surface area contributed by atoms with Crippen molar-refractivity contribution in [3.05, 3.63) is 29.9 Å². The highest BCUT2D eigenvalue weighted by atomic mass is 16.5. The molecule has 0 aliphatic carbocycles. The highest BCUT2D eigenvalue weighted by Crippen LogP contribution is 2.33. The van der Waals surface area contributed by atoms with Gasteiger partial charge in [0.1, 0.15) is 12.4 Å². The standard InChI is InChI=1S/C19H28N6O3/c1-3-15-21-17(28-22-15)14-25-10-11-27-19(12-18(25)26)4-7-24(8-5-19)13-16-20-6-9-23(16)2/h6,9H,3-5,7-8,10-14H2,1-2H3. The predicted molar refractivity (Wildman–Crippen MR) is 100 cm³/mol. The molecule has 1 amide bonds. The third kappa shape index (κ3) is 4.10. The fourth-order valence-corrected chi connectivity index (χ4v) is 3.95. The Morgan fingerprint density at radius 3 is 2.71 bits per heavy atom. The lowest BCUT2D eigenvalue weighted by molar-refractivity contribution is -0.136. The quantitative estimate of drug-likeness (QED) is 0.759. The van der Waals surface area contributed by atoms with Gasteiger partial charge in [0.25, 0.3) is 0 Å². The summed E-state index contributed by atoms with van der Waals surface area (Å²) >= 11 is 0. The molecule has 1 spiro atoms. The van der Waals surface area contributed by atoms with Gasteiger partial charge in [-0.05, 0) is 12.8 Å². The van der Waals surface area contributed by atoms with Crippen molar-refractivity contribution in [3.63, 3.8) is 0 Å². The van der Waals surface area contributed by atoms with E-state index in [1.54, 1.807) is 4.90 Å². The molecule has 0 bridgehead atoms. The van der Waals surface area contributed by atoms with Crippen molar-refractivity contribution in [2.24, 2.45) is 7.05 Å². The first-order valence-electron chi connectivity index (χ1n) is 9.99. The molecule has 4 rings (SSSR count). The molecule has 0 atom stereocenters. The lowest BCUT2D eigenvalue weighted by Crippen LogP contribution is -2.47.